The molecule has 1 heterocycles. The van der Waals surface area contributed by atoms with E-state index < -0.39 is 6.10 Å². The predicted octanol–water partition coefficient (Wildman–Crippen LogP) is 3.44. The minimum atomic E-state index is -0.673. The van der Waals surface area contributed by atoms with E-state index in [1.807, 2.05) is 24.3 Å². The van der Waals surface area contributed by atoms with Gasteiger partial charge >= 0.3 is 0 Å². The van der Waals surface area contributed by atoms with Gasteiger partial charge in [-0.15, -0.1) is 0 Å². The standard InChI is InChI=1S/C21H28N2O3/c1-3-16(4-2)22-20(24)19-14-23(17-12-8-9-13-18(17)26-19)21(25)15-10-6-5-7-11-15/h5-6,8-9,12-13,15-16,19H,3-4,7,10-11,14H2,1-2H3,(H,22,24). The number of nitrogens with one attached hydrogen (secondary N) is 1. The molecule has 2 aliphatic rings. The molecule has 1 N–H and O–H groups in total. The topological polar surface area (TPSA) is 58.6 Å². The van der Waals surface area contributed by atoms with Crippen molar-refractivity contribution < 1.29 is 14.3 Å². The maximum atomic E-state index is 13.1. The van der Waals surface area contributed by atoms with Gasteiger partial charge in [0.1, 0.15) is 5.75 Å². The molecule has 1 aromatic carbocycles. The second kappa shape index (κ2) is 8.39. The molecule has 2 atom stereocenters. The van der Waals surface area contributed by atoms with Gasteiger partial charge in [0, 0.05) is 12.0 Å². The van der Waals surface area contributed by atoms with Crippen LogP contribution in [0.5, 0.6) is 5.75 Å². The van der Waals surface area contributed by atoms with Gasteiger partial charge in [0.2, 0.25) is 5.91 Å². The van der Waals surface area contributed by atoms with Gasteiger partial charge in [0.25, 0.3) is 5.91 Å². The van der Waals surface area contributed by atoms with Crippen LogP contribution in [0.2, 0.25) is 0 Å². The quantitative estimate of drug-likeness (QED) is 0.822. The SMILES string of the molecule is CCC(CC)NC(=O)C1CN(C(=O)C2CC=CCC2)c2ccccc2O1. The minimum absolute atomic E-state index is 0.0195. The second-order valence-electron chi connectivity index (χ2n) is 7.03. The van der Waals surface area contributed by atoms with Crippen LogP contribution in [0.4, 0.5) is 5.69 Å². The highest BCUT2D eigenvalue weighted by Gasteiger charge is 2.36. The highest BCUT2D eigenvalue weighted by Crippen LogP contribution is 2.35. The van der Waals surface area contributed by atoms with Gasteiger partial charge in [-0.2, -0.15) is 0 Å². The molecule has 5 heteroatoms. The summed E-state index contributed by atoms with van der Waals surface area (Å²) in [5, 5.41) is 3.04. The van der Waals surface area contributed by atoms with Crippen molar-refractivity contribution in [2.24, 2.45) is 5.92 Å². The highest BCUT2D eigenvalue weighted by molar-refractivity contribution is 5.98. The monoisotopic (exact) mass is 356 g/mol. The van der Waals surface area contributed by atoms with E-state index >= 15 is 0 Å². The molecule has 1 aliphatic carbocycles. The number of allylic oxidation sites excluding steroid dienone is 2. The lowest BCUT2D eigenvalue weighted by Crippen LogP contribution is -2.53. The molecule has 0 radical (unpaired) electrons. The van der Waals surface area contributed by atoms with Gasteiger partial charge in [0.05, 0.1) is 12.2 Å². The molecular weight excluding hydrogens is 328 g/mol. The van der Waals surface area contributed by atoms with Crippen molar-refractivity contribution in [2.75, 3.05) is 11.4 Å². The lowest BCUT2D eigenvalue weighted by atomic mass is 9.92. The first-order valence-corrected chi connectivity index (χ1v) is 9.66. The Hall–Kier alpha value is -2.30. The van der Waals surface area contributed by atoms with Crippen LogP contribution in [0.25, 0.3) is 0 Å². The van der Waals surface area contributed by atoms with Crippen LogP contribution in [0.3, 0.4) is 0 Å². The van der Waals surface area contributed by atoms with E-state index in [0.29, 0.717) is 5.75 Å². The first kappa shape index (κ1) is 18.5. The smallest absolute Gasteiger partial charge is 0.263 e. The molecule has 0 aromatic heterocycles. The second-order valence-corrected chi connectivity index (χ2v) is 7.03. The van der Waals surface area contributed by atoms with Gasteiger partial charge in [0.15, 0.2) is 6.10 Å². The van der Waals surface area contributed by atoms with E-state index in [0.717, 1.165) is 37.8 Å². The van der Waals surface area contributed by atoms with Gasteiger partial charge < -0.3 is 15.0 Å². The Morgan fingerprint density at radius 2 is 2.00 bits per heavy atom. The van der Waals surface area contributed by atoms with Crippen LogP contribution in [0, 0.1) is 5.92 Å². The number of hydrogen-bond donors (Lipinski definition) is 1. The van der Waals surface area contributed by atoms with Crippen molar-refractivity contribution in [3.8, 4) is 5.75 Å². The summed E-state index contributed by atoms with van der Waals surface area (Å²) in [5.74, 6) is 0.525. The number of rotatable bonds is 5. The average Bonchev–Trinajstić information content (AvgIpc) is 2.71. The first-order chi connectivity index (χ1) is 12.6. The van der Waals surface area contributed by atoms with E-state index in [9.17, 15) is 9.59 Å². The fraction of sp³-hybridized carbons (Fsp3) is 0.524. The summed E-state index contributed by atoms with van der Waals surface area (Å²) in [6.45, 7) is 4.37. The fourth-order valence-electron chi connectivity index (χ4n) is 3.60. The number of benzene rings is 1. The number of anilines is 1. The molecule has 2 amide bonds. The summed E-state index contributed by atoms with van der Waals surface area (Å²) in [4.78, 5) is 27.6. The molecule has 0 fully saturated rings. The van der Waals surface area contributed by atoms with E-state index in [4.69, 9.17) is 4.74 Å². The molecule has 26 heavy (non-hydrogen) atoms. The molecule has 2 unspecified atom stereocenters. The Labute approximate surface area is 155 Å². The van der Waals surface area contributed by atoms with Gasteiger partial charge in [-0.05, 0) is 44.2 Å². The Morgan fingerprint density at radius 3 is 2.69 bits per heavy atom. The Bertz CT molecular complexity index is 682. The van der Waals surface area contributed by atoms with E-state index in [1.54, 1.807) is 4.90 Å². The van der Waals surface area contributed by atoms with Gasteiger partial charge in [-0.25, -0.2) is 0 Å². The van der Waals surface area contributed by atoms with Crippen LogP contribution in [-0.4, -0.2) is 30.5 Å². The molecule has 0 saturated carbocycles. The zero-order chi connectivity index (χ0) is 18.5. The molecular formula is C21H28N2O3. The van der Waals surface area contributed by atoms with Crippen molar-refractivity contribution in [1.82, 2.24) is 5.32 Å². The van der Waals surface area contributed by atoms with Crippen molar-refractivity contribution in [2.45, 2.75) is 58.1 Å². The van der Waals surface area contributed by atoms with Crippen LogP contribution in [0.1, 0.15) is 46.0 Å². The molecule has 0 bridgehead atoms. The zero-order valence-electron chi connectivity index (χ0n) is 15.6. The summed E-state index contributed by atoms with van der Waals surface area (Å²) in [7, 11) is 0. The third kappa shape index (κ3) is 3.92. The number of hydrogen-bond acceptors (Lipinski definition) is 3. The van der Waals surface area contributed by atoms with Crippen LogP contribution < -0.4 is 15.0 Å². The zero-order valence-corrected chi connectivity index (χ0v) is 15.6. The fourth-order valence-corrected chi connectivity index (χ4v) is 3.60. The third-order valence-corrected chi connectivity index (χ3v) is 5.28. The molecule has 1 aromatic rings. The number of carbonyl (C=O) groups excluding carboxylic acids is 2. The maximum Gasteiger partial charge on any atom is 0.263 e. The number of amides is 2. The third-order valence-electron chi connectivity index (χ3n) is 5.28. The number of carbonyl (C=O) groups is 2. The maximum absolute atomic E-state index is 13.1. The van der Waals surface area contributed by atoms with Crippen molar-refractivity contribution in [3.05, 3.63) is 36.4 Å². The highest BCUT2D eigenvalue weighted by atomic mass is 16.5. The van der Waals surface area contributed by atoms with Gasteiger partial charge in [-0.3, -0.25) is 9.59 Å². The molecule has 3 rings (SSSR count). The minimum Gasteiger partial charge on any atom is -0.477 e. The lowest BCUT2D eigenvalue weighted by molar-refractivity contribution is -0.129. The molecule has 140 valence electrons. The average molecular weight is 356 g/mol. The van der Waals surface area contributed by atoms with E-state index in [2.05, 4.69) is 31.3 Å². The number of fused-ring (bicyclic) bond motifs is 1. The Morgan fingerprint density at radius 1 is 1.23 bits per heavy atom. The number of para-hydroxylation sites is 2. The van der Waals surface area contributed by atoms with Crippen molar-refractivity contribution in [3.63, 3.8) is 0 Å². The normalized spacial score (nSPS) is 21.9. The van der Waals surface area contributed by atoms with E-state index in [1.165, 1.54) is 0 Å². The van der Waals surface area contributed by atoms with Crippen LogP contribution in [-0.2, 0) is 9.59 Å². The molecule has 0 spiro atoms. The Kier molecular flexibility index (Phi) is 5.96. The summed E-state index contributed by atoms with van der Waals surface area (Å²) < 4.78 is 5.93. The lowest BCUT2D eigenvalue weighted by Gasteiger charge is -2.36. The number of nitrogens with zero attached hydrogens (tertiary/aromatic N) is 1. The largest absolute Gasteiger partial charge is 0.477 e. The predicted molar refractivity (Wildman–Crippen MR) is 102 cm³/mol. The molecule has 0 saturated heterocycles. The van der Waals surface area contributed by atoms with Crippen LogP contribution in [0.15, 0.2) is 36.4 Å². The summed E-state index contributed by atoms with van der Waals surface area (Å²) in [6, 6.07) is 7.61. The Balaban J connectivity index is 1.80. The van der Waals surface area contributed by atoms with Crippen LogP contribution >= 0.6 is 0 Å². The van der Waals surface area contributed by atoms with E-state index in [-0.39, 0.29) is 30.3 Å². The number of ether oxygens (including phenoxy) is 1. The van der Waals surface area contributed by atoms with Gasteiger partial charge in [-0.1, -0.05) is 38.1 Å². The molecule has 5 nitrogen and oxygen atoms in total. The molecule has 1 aliphatic heterocycles. The van der Waals surface area contributed by atoms with Crippen molar-refractivity contribution >= 4 is 17.5 Å². The van der Waals surface area contributed by atoms with Crippen molar-refractivity contribution in [1.29, 1.82) is 0 Å². The summed E-state index contributed by atoms with van der Waals surface area (Å²) in [5.41, 5.74) is 0.763. The first-order valence-electron chi connectivity index (χ1n) is 9.66. The summed E-state index contributed by atoms with van der Waals surface area (Å²) in [6.07, 6.45) is 7.85. The summed E-state index contributed by atoms with van der Waals surface area (Å²) >= 11 is 0.